The molecular weight excluding hydrogens is 284 g/mol. The summed E-state index contributed by atoms with van der Waals surface area (Å²) in [5.41, 5.74) is 1.71. The second-order valence-electron chi connectivity index (χ2n) is 4.70. The van der Waals surface area contributed by atoms with Crippen molar-refractivity contribution >= 4 is 5.97 Å². The maximum absolute atomic E-state index is 11.9. The fraction of sp³-hybridized carbons (Fsp3) is 0.235. The van der Waals surface area contributed by atoms with Crippen LogP contribution in [0.1, 0.15) is 21.5 Å². The first kappa shape index (κ1) is 15.7. The van der Waals surface area contributed by atoms with Crippen molar-refractivity contribution in [2.24, 2.45) is 0 Å². The molecule has 1 N–H and O–H groups in total. The third-order valence-corrected chi connectivity index (χ3v) is 3.33. The van der Waals surface area contributed by atoms with Crippen LogP contribution in [0.2, 0.25) is 0 Å². The molecule has 2 aromatic rings. The number of benzene rings is 2. The molecule has 116 valence electrons. The number of ether oxygens (including phenoxy) is 3. The SMILES string of the molecule is COC(=O)c1c(O)cc(OC)cc1Cc1cccc(OC)c1. The minimum Gasteiger partial charge on any atom is -0.507 e. The Morgan fingerprint density at radius 1 is 1.05 bits per heavy atom. The van der Waals surface area contributed by atoms with E-state index < -0.39 is 5.97 Å². The van der Waals surface area contributed by atoms with Gasteiger partial charge in [-0.2, -0.15) is 0 Å². The predicted molar refractivity (Wildman–Crippen MR) is 81.8 cm³/mol. The molecule has 5 heteroatoms. The second-order valence-corrected chi connectivity index (χ2v) is 4.70. The number of carbonyl (C=O) groups is 1. The second kappa shape index (κ2) is 6.85. The van der Waals surface area contributed by atoms with Crippen LogP contribution in [0.15, 0.2) is 36.4 Å². The molecule has 0 radical (unpaired) electrons. The number of phenols is 1. The number of carbonyl (C=O) groups excluding carboxylic acids is 1. The zero-order valence-electron chi connectivity index (χ0n) is 12.8. The molecule has 0 aliphatic carbocycles. The summed E-state index contributed by atoms with van der Waals surface area (Å²) in [4.78, 5) is 11.9. The van der Waals surface area contributed by atoms with Crippen LogP contribution in [-0.4, -0.2) is 32.4 Å². The summed E-state index contributed by atoms with van der Waals surface area (Å²) in [7, 11) is 4.37. The Kier molecular flexibility index (Phi) is 4.88. The first-order valence-corrected chi connectivity index (χ1v) is 6.70. The molecule has 0 atom stereocenters. The number of aromatic hydroxyl groups is 1. The number of rotatable bonds is 5. The van der Waals surface area contributed by atoms with Crippen LogP contribution in [0.3, 0.4) is 0 Å². The maximum atomic E-state index is 11.9. The Morgan fingerprint density at radius 3 is 2.41 bits per heavy atom. The van der Waals surface area contributed by atoms with Crippen molar-refractivity contribution in [1.29, 1.82) is 0 Å². The van der Waals surface area contributed by atoms with Gasteiger partial charge in [0.25, 0.3) is 0 Å². The highest BCUT2D eigenvalue weighted by molar-refractivity contribution is 5.94. The van der Waals surface area contributed by atoms with Gasteiger partial charge in [-0.3, -0.25) is 0 Å². The summed E-state index contributed by atoms with van der Waals surface area (Å²) >= 11 is 0. The van der Waals surface area contributed by atoms with Crippen LogP contribution in [0, 0.1) is 0 Å². The van der Waals surface area contributed by atoms with E-state index in [0.29, 0.717) is 17.7 Å². The van der Waals surface area contributed by atoms with Crippen molar-refractivity contribution < 1.29 is 24.1 Å². The molecule has 0 saturated heterocycles. The summed E-state index contributed by atoms with van der Waals surface area (Å²) in [5.74, 6) is 0.453. The van der Waals surface area contributed by atoms with E-state index in [1.807, 2.05) is 24.3 Å². The molecular formula is C17H18O5. The third-order valence-electron chi connectivity index (χ3n) is 3.33. The largest absolute Gasteiger partial charge is 0.507 e. The van der Waals surface area contributed by atoms with E-state index in [0.717, 1.165) is 11.3 Å². The van der Waals surface area contributed by atoms with Crippen LogP contribution in [0.5, 0.6) is 17.2 Å². The van der Waals surface area contributed by atoms with Crippen LogP contribution in [-0.2, 0) is 11.2 Å². The fourth-order valence-corrected chi connectivity index (χ4v) is 2.25. The van der Waals surface area contributed by atoms with Gasteiger partial charge in [-0.25, -0.2) is 4.79 Å². The first-order valence-electron chi connectivity index (χ1n) is 6.70. The van der Waals surface area contributed by atoms with E-state index in [1.165, 1.54) is 20.3 Å². The molecule has 2 rings (SSSR count). The van der Waals surface area contributed by atoms with E-state index in [2.05, 4.69) is 0 Å². The molecule has 0 aliphatic heterocycles. The zero-order valence-corrected chi connectivity index (χ0v) is 12.8. The standard InChI is InChI=1S/C17H18O5/c1-20-13-6-4-5-11(8-13)7-12-9-14(21-2)10-15(18)16(12)17(19)22-3/h4-6,8-10,18H,7H2,1-3H3. The van der Waals surface area contributed by atoms with E-state index in [9.17, 15) is 9.90 Å². The van der Waals surface area contributed by atoms with E-state index >= 15 is 0 Å². The molecule has 0 aromatic heterocycles. The number of methoxy groups -OCH3 is 3. The van der Waals surface area contributed by atoms with Crippen molar-refractivity contribution in [2.45, 2.75) is 6.42 Å². The van der Waals surface area contributed by atoms with Crippen molar-refractivity contribution in [3.05, 3.63) is 53.1 Å². The molecule has 0 unspecified atom stereocenters. The number of hydrogen-bond acceptors (Lipinski definition) is 5. The van der Waals surface area contributed by atoms with Crippen molar-refractivity contribution in [1.82, 2.24) is 0 Å². The van der Waals surface area contributed by atoms with Crippen LogP contribution >= 0.6 is 0 Å². The normalized spacial score (nSPS) is 10.1. The minimum atomic E-state index is -0.585. The molecule has 5 nitrogen and oxygen atoms in total. The van der Waals surface area contributed by atoms with Crippen molar-refractivity contribution in [2.75, 3.05) is 21.3 Å². The molecule has 0 bridgehead atoms. The van der Waals surface area contributed by atoms with Gasteiger partial charge in [0.05, 0.1) is 21.3 Å². The lowest BCUT2D eigenvalue weighted by molar-refractivity contribution is 0.0596. The van der Waals surface area contributed by atoms with Gasteiger partial charge in [0.2, 0.25) is 0 Å². The lowest BCUT2D eigenvalue weighted by Crippen LogP contribution is -2.07. The van der Waals surface area contributed by atoms with E-state index in [-0.39, 0.29) is 11.3 Å². The zero-order chi connectivity index (χ0) is 16.1. The Labute approximate surface area is 129 Å². The molecule has 22 heavy (non-hydrogen) atoms. The van der Waals surface area contributed by atoms with Crippen molar-refractivity contribution in [3.8, 4) is 17.2 Å². The Morgan fingerprint density at radius 2 is 1.77 bits per heavy atom. The molecule has 2 aromatic carbocycles. The number of esters is 1. The van der Waals surface area contributed by atoms with Crippen LogP contribution < -0.4 is 9.47 Å². The Bertz CT molecular complexity index is 679. The lowest BCUT2D eigenvalue weighted by Gasteiger charge is -2.13. The lowest BCUT2D eigenvalue weighted by atomic mass is 9.98. The quantitative estimate of drug-likeness (QED) is 0.860. The Balaban J connectivity index is 2.47. The summed E-state index contributed by atoms with van der Waals surface area (Å²) in [6.45, 7) is 0. The third kappa shape index (κ3) is 3.31. The summed E-state index contributed by atoms with van der Waals surface area (Å²) in [5, 5.41) is 10.1. The topological polar surface area (TPSA) is 65.0 Å². The first-order chi connectivity index (χ1) is 10.6. The predicted octanol–water partition coefficient (Wildman–Crippen LogP) is 2.79. The Hall–Kier alpha value is -2.69. The van der Waals surface area contributed by atoms with Crippen molar-refractivity contribution in [3.63, 3.8) is 0 Å². The highest BCUT2D eigenvalue weighted by atomic mass is 16.5. The molecule has 0 heterocycles. The number of hydrogen-bond donors (Lipinski definition) is 1. The van der Waals surface area contributed by atoms with Gasteiger partial charge in [0.1, 0.15) is 22.8 Å². The van der Waals surface area contributed by atoms with E-state index in [4.69, 9.17) is 14.2 Å². The summed E-state index contributed by atoms with van der Waals surface area (Å²) in [6.07, 6.45) is 0.437. The molecule has 0 aliphatic rings. The van der Waals surface area contributed by atoms with Gasteiger partial charge in [-0.05, 0) is 35.7 Å². The van der Waals surface area contributed by atoms with Gasteiger partial charge in [0, 0.05) is 6.07 Å². The fourth-order valence-electron chi connectivity index (χ4n) is 2.25. The highest BCUT2D eigenvalue weighted by Gasteiger charge is 2.19. The van der Waals surface area contributed by atoms with Crippen LogP contribution in [0.25, 0.3) is 0 Å². The number of phenolic OH excluding ortho intramolecular Hbond substituents is 1. The molecule has 0 spiro atoms. The van der Waals surface area contributed by atoms with Gasteiger partial charge in [0.15, 0.2) is 0 Å². The van der Waals surface area contributed by atoms with Gasteiger partial charge in [-0.15, -0.1) is 0 Å². The molecule has 0 saturated carbocycles. The molecule has 0 amide bonds. The van der Waals surface area contributed by atoms with Gasteiger partial charge in [-0.1, -0.05) is 12.1 Å². The van der Waals surface area contributed by atoms with Gasteiger partial charge >= 0.3 is 5.97 Å². The highest BCUT2D eigenvalue weighted by Crippen LogP contribution is 2.30. The van der Waals surface area contributed by atoms with Crippen LogP contribution in [0.4, 0.5) is 0 Å². The van der Waals surface area contributed by atoms with E-state index in [1.54, 1.807) is 13.2 Å². The summed E-state index contributed by atoms with van der Waals surface area (Å²) < 4.78 is 15.1. The maximum Gasteiger partial charge on any atom is 0.341 e. The average molecular weight is 302 g/mol. The summed E-state index contributed by atoms with van der Waals surface area (Å²) in [6, 6.07) is 10.6. The smallest absolute Gasteiger partial charge is 0.341 e. The molecule has 0 fully saturated rings. The minimum absolute atomic E-state index is 0.145. The monoisotopic (exact) mass is 302 g/mol. The average Bonchev–Trinajstić information content (AvgIpc) is 2.54. The van der Waals surface area contributed by atoms with Gasteiger partial charge < -0.3 is 19.3 Å².